The lowest BCUT2D eigenvalue weighted by atomic mass is 10.00. The first-order valence-corrected chi connectivity index (χ1v) is 10.9. The monoisotopic (exact) mass is 421 g/mol. The maximum atomic E-state index is 13.2. The smallest absolute Gasteiger partial charge is 0.280 e. The number of oxime groups is 1. The molecule has 1 aliphatic carbocycles. The van der Waals surface area contributed by atoms with Crippen molar-refractivity contribution in [3.8, 4) is 0 Å². The predicted octanol–water partition coefficient (Wildman–Crippen LogP) is 4.08. The summed E-state index contributed by atoms with van der Waals surface area (Å²) in [7, 11) is 0. The number of hydrogen-bond acceptors (Lipinski definition) is 7. The van der Waals surface area contributed by atoms with Crippen LogP contribution in [0, 0.1) is 5.13 Å². The molecule has 9 heteroatoms. The van der Waals surface area contributed by atoms with Crippen molar-refractivity contribution in [2.75, 3.05) is 18.5 Å². The molecule has 4 rings (SSSR count). The van der Waals surface area contributed by atoms with Gasteiger partial charge in [0.1, 0.15) is 0 Å². The van der Waals surface area contributed by atoms with E-state index < -0.39 is 11.0 Å². The van der Waals surface area contributed by atoms with Gasteiger partial charge in [-0.2, -0.15) is 4.39 Å². The minimum absolute atomic E-state index is 0.128. The number of thiazole rings is 1. The molecule has 1 N–H and O–H groups in total. The molecule has 2 aliphatic rings. The number of carbonyl (C=O) groups excluding carboxylic acids is 1. The fraction of sp³-hybridized carbons (Fsp3) is 0.421. The molecule has 6 nitrogen and oxygen atoms in total. The largest absolute Gasteiger partial charge is 0.389 e. The van der Waals surface area contributed by atoms with Crippen LogP contribution in [0.5, 0.6) is 0 Å². The van der Waals surface area contributed by atoms with Gasteiger partial charge in [0.05, 0.1) is 19.4 Å². The van der Waals surface area contributed by atoms with Crippen molar-refractivity contribution in [2.24, 2.45) is 5.16 Å². The molecule has 0 radical (unpaired) electrons. The zero-order valence-corrected chi connectivity index (χ0v) is 16.7. The van der Waals surface area contributed by atoms with Crippen molar-refractivity contribution in [3.63, 3.8) is 0 Å². The molecule has 2 aromatic rings. The van der Waals surface area contributed by atoms with E-state index in [0.717, 1.165) is 24.0 Å². The van der Waals surface area contributed by atoms with Gasteiger partial charge in [-0.25, -0.2) is 4.98 Å². The Morgan fingerprint density at radius 2 is 2.14 bits per heavy atom. The van der Waals surface area contributed by atoms with Gasteiger partial charge in [-0.3, -0.25) is 10.1 Å². The molecule has 148 valence electrons. The molecule has 0 spiro atoms. The van der Waals surface area contributed by atoms with E-state index in [2.05, 4.69) is 15.5 Å². The minimum atomic E-state index is -0.493. The van der Waals surface area contributed by atoms with Crippen LogP contribution in [0.15, 0.2) is 40.5 Å². The van der Waals surface area contributed by atoms with E-state index in [1.807, 2.05) is 36.0 Å². The van der Waals surface area contributed by atoms with Gasteiger partial charge in [-0.05, 0) is 25.0 Å². The van der Waals surface area contributed by atoms with Crippen LogP contribution in [-0.2, 0) is 14.4 Å². The van der Waals surface area contributed by atoms with Gasteiger partial charge in [-0.15, -0.1) is 11.8 Å². The van der Waals surface area contributed by atoms with Crippen LogP contribution in [-0.4, -0.2) is 41.2 Å². The van der Waals surface area contributed by atoms with Crippen LogP contribution < -0.4 is 5.32 Å². The Kier molecular flexibility index (Phi) is 6.23. The number of anilines is 1. The average molecular weight is 422 g/mol. The van der Waals surface area contributed by atoms with E-state index in [1.54, 1.807) is 0 Å². The lowest BCUT2D eigenvalue weighted by Crippen LogP contribution is -2.25. The van der Waals surface area contributed by atoms with Gasteiger partial charge >= 0.3 is 0 Å². The molecule has 1 aliphatic heterocycles. The first kappa shape index (κ1) is 19.4. The summed E-state index contributed by atoms with van der Waals surface area (Å²) in [4.78, 5) is 23.2. The van der Waals surface area contributed by atoms with Crippen molar-refractivity contribution in [1.29, 1.82) is 0 Å². The standard InChI is InChI=1S/C19H20FN3O3S2/c20-16-10-21-19(28-16)22-18(24)17(23-26-13-8-9-25-11-13)12-4-6-15(7-5-12)27-14-2-1-3-14/h4-7,10,13-14H,1-3,8-9,11H2,(H,21,22,24)/t13-/m1/s1. The maximum Gasteiger partial charge on any atom is 0.280 e. The summed E-state index contributed by atoms with van der Waals surface area (Å²) >= 11 is 2.62. The van der Waals surface area contributed by atoms with Crippen LogP contribution in [0.25, 0.3) is 0 Å². The summed E-state index contributed by atoms with van der Waals surface area (Å²) < 4.78 is 18.4. The van der Waals surface area contributed by atoms with E-state index in [1.165, 1.54) is 24.2 Å². The van der Waals surface area contributed by atoms with Crippen molar-refractivity contribution in [2.45, 2.75) is 41.9 Å². The highest BCUT2D eigenvalue weighted by atomic mass is 32.2. The van der Waals surface area contributed by atoms with Gasteiger partial charge in [-0.1, -0.05) is 35.0 Å². The maximum absolute atomic E-state index is 13.2. The van der Waals surface area contributed by atoms with Crippen LogP contribution in [0.3, 0.4) is 0 Å². The normalized spacial score (nSPS) is 20.0. The van der Waals surface area contributed by atoms with E-state index >= 15 is 0 Å². The Balaban J connectivity index is 1.50. The minimum Gasteiger partial charge on any atom is -0.389 e. The van der Waals surface area contributed by atoms with Gasteiger partial charge in [0.15, 0.2) is 22.1 Å². The number of amides is 1. The molecule has 28 heavy (non-hydrogen) atoms. The molecule has 0 bridgehead atoms. The SMILES string of the molecule is O=C(Nc1ncc(F)s1)C(=NO[C@@H]1CCOC1)c1ccc(SC2CCC2)cc1. The summed E-state index contributed by atoms with van der Waals surface area (Å²) in [5.74, 6) is -0.493. The Morgan fingerprint density at radius 3 is 2.75 bits per heavy atom. The van der Waals surface area contributed by atoms with Crippen molar-refractivity contribution in [1.82, 2.24) is 4.98 Å². The molecule has 1 amide bonds. The predicted molar refractivity (Wildman–Crippen MR) is 107 cm³/mol. The third-order valence-corrected chi connectivity index (χ3v) is 6.63. The van der Waals surface area contributed by atoms with E-state index in [-0.39, 0.29) is 16.9 Å². The first-order chi connectivity index (χ1) is 13.7. The lowest BCUT2D eigenvalue weighted by Gasteiger charge is -2.24. The Labute approximate surface area is 170 Å². The van der Waals surface area contributed by atoms with Gasteiger partial charge < -0.3 is 9.57 Å². The highest BCUT2D eigenvalue weighted by Gasteiger charge is 2.22. The summed E-state index contributed by atoms with van der Waals surface area (Å²) in [5.41, 5.74) is 0.758. The number of nitrogens with zero attached hydrogens (tertiary/aromatic N) is 2. The van der Waals surface area contributed by atoms with Crippen molar-refractivity contribution < 1.29 is 18.8 Å². The quantitative estimate of drug-likeness (QED) is 0.539. The molecule has 2 heterocycles. The van der Waals surface area contributed by atoms with E-state index in [0.29, 0.717) is 24.0 Å². The number of carbonyl (C=O) groups is 1. The topological polar surface area (TPSA) is 72.8 Å². The fourth-order valence-corrected chi connectivity index (χ4v) is 4.58. The third kappa shape index (κ3) is 4.89. The van der Waals surface area contributed by atoms with Crippen molar-refractivity contribution in [3.05, 3.63) is 41.2 Å². The number of nitrogens with one attached hydrogen (secondary N) is 1. The van der Waals surface area contributed by atoms with Crippen LogP contribution in [0.1, 0.15) is 31.2 Å². The molecular weight excluding hydrogens is 401 g/mol. The Morgan fingerprint density at radius 1 is 1.32 bits per heavy atom. The second-order valence-corrected chi connectivity index (χ2v) is 9.00. The summed E-state index contributed by atoms with van der Waals surface area (Å²) in [6.07, 6.45) is 5.43. The van der Waals surface area contributed by atoms with Gasteiger partial charge in [0.2, 0.25) is 0 Å². The second-order valence-electron chi connectivity index (χ2n) is 6.65. The highest BCUT2D eigenvalue weighted by molar-refractivity contribution is 8.00. The number of rotatable bonds is 7. The molecule has 1 aromatic heterocycles. The average Bonchev–Trinajstić information content (AvgIpc) is 3.31. The first-order valence-electron chi connectivity index (χ1n) is 9.19. The fourth-order valence-electron chi connectivity index (χ4n) is 2.79. The number of ether oxygens (including phenoxy) is 1. The van der Waals surface area contributed by atoms with Crippen LogP contribution >= 0.6 is 23.1 Å². The van der Waals surface area contributed by atoms with Crippen LogP contribution in [0.4, 0.5) is 9.52 Å². The van der Waals surface area contributed by atoms with E-state index in [9.17, 15) is 9.18 Å². The van der Waals surface area contributed by atoms with Crippen LogP contribution in [0.2, 0.25) is 0 Å². The Hall–Kier alpha value is -1.97. The number of aromatic nitrogens is 1. The zero-order valence-electron chi connectivity index (χ0n) is 15.1. The third-order valence-electron chi connectivity index (χ3n) is 4.58. The summed E-state index contributed by atoms with van der Waals surface area (Å²) in [6.45, 7) is 1.07. The van der Waals surface area contributed by atoms with Gasteiger partial charge in [0, 0.05) is 22.1 Å². The molecular formula is C19H20FN3O3S2. The molecule has 0 unspecified atom stereocenters. The summed E-state index contributed by atoms with van der Waals surface area (Å²) in [5, 5.41) is 7.08. The summed E-state index contributed by atoms with van der Waals surface area (Å²) in [6, 6.07) is 7.69. The number of benzene rings is 1. The number of halogens is 1. The number of hydrogen-bond donors (Lipinski definition) is 1. The number of thioether (sulfide) groups is 1. The second kappa shape index (κ2) is 9.02. The van der Waals surface area contributed by atoms with Crippen molar-refractivity contribution >= 4 is 39.8 Å². The highest BCUT2D eigenvalue weighted by Crippen LogP contribution is 2.36. The molecule has 2 fully saturated rings. The van der Waals surface area contributed by atoms with E-state index in [4.69, 9.17) is 9.57 Å². The molecule has 1 saturated heterocycles. The molecule has 1 aromatic carbocycles. The molecule has 1 saturated carbocycles. The van der Waals surface area contributed by atoms with Gasteiger partial charge in [0.25, 0.3) is 5.91 Å². The zero-order chi connectivity index (χ0) is 19.3. The lowest BCUT2D eigenvalue weighted by molar-refractivity contribution is -0.110. The Bertz CT molecular complexity index is 846. The molecule has 1 atom stereocenters.